The fourth-order valence-corrected chi connectivity index (χ4v) is 3.58. The summed E-state index contributed by atoms with van der Waals surface area (Å²) in [6.45, 7) is 2.12. The molecule has 7 nitrogen and oxygen atoms in total. The number of carbonyl (C=O) groups is 1. The average molecular weight is 386 g/mol. The minimum atomic E-state index is -0.350. The molecule has 27 heavy (non-hydrogen) atoms. The Bertz CT molecular complexity index is 980. The molecule has 8 heteroatoms. The van der Waals surface area contributed by atoms with Crippen molar-refractivity contribution in [1.29, 1.82) is 0 Å². The largest absolute Gasteiger partial charge is 0.462 e. The molecule has 3 aromatic rings. The predicted molar refractivity (Wildman–Crippen MR) is 100 cm³/mol. The summed E-state index contributed by atoms with van der Waals surface area (Å²) in [6.07, 6.45) is 4.41. The molecule has 1 saturated carbocycles. The Morgan fingerprint density at radius 3 is 2.93 bits per heavy atom. The van der Waals surface area contributed by atoms with E-state index in [-0.39, 0.29) is 17.8 Å². The first-order valence-corrected chi connectivity index (χ1v) is 9.42. The quantitative estimate of drug-likeness (QED) is 0.481. The molecule has 0 amide bonds. The highest BCUT2D eigenvalue weighted by molar-refractivity contribution is 6.17. The van der Waals surface area contributed by atoms with Gasteiger partial charge in [-0.05, 0) is 31.0 Å². The molecule has 1 aliphatic rings. The van der Waals surface area contributed by atoms with E-state index >= 15 is 0 Å². The molecule has 0 N–H and O–H groups in total. The van der Waals surface area contributed by atoms with Crippen LogP contribution in [0.25, 0.3) is 5.69 Å². The average Bonchev–Trinajstić information content (AvgIpc) is 3.13. The highest BCUT2D eigenvalue weighted by Gasteiger charge is 2.46. The van der Waals surface area contributed by atoms with Gasteiger partial charge in [-0.25, -0.2) is 9.48 Å². The molecule has 2 atom stereocenters. The number of carbonyl (C=O) groups excluding carboxylic acids is 1. The Morgan fingerprint density at radius 1 is 1.37 bits per heavy atom. The molecule has 2 heterocycles. The lowest BCUT2D eigenvalue weighted by Crippen LogP contribution is -2.09. The minimum Gasteiger partial charge on any atom is -0.462 e. The van der Waals surface area contributed by atoms with Crippen LogP contribution in [0.4, 0.5) is 0 Å². The summed E-state index contributed by atoms with van der Waals surface area (Å²) in [6, 6.07) is 7.85. The molecule has 1 aliphatic carbocycles. The zero-order valence-corrected chi connectivity index (χ0v) is 15.9. The van der Waals surface area contributed by atoms with Gasteiger partial charge < -0.3 is 4.74 Å². The van der Waals surface area contributed by atoms with E-state index in [1.807, 2.05) is 42.2 Å². The Labute approximate surface area is 161 Å². The Morgan fingerprint density at radius 2 is 2.22 bits per heavy atom. The molecule has 0 radical (unpaired) electrons. The molecular weight excluding hydrogens is 366 g/mol. The zero-order valence-electron chi connectivity index (χ0n) is 15.2. The maximum absolute atomic E-state index is 12.5. The lowest BCUT2D eigenvalue weighted by atomic mass is 10.1. The number of esters is 1. The summed E-state index contributed by atoms with van der Waals surface area (Å²) in [5, 5.41) is 12.7. The molecule has 1 aromatic carbocycles. The Hall–Kier alpha value is -2.67. The van der Waals surface area contributed by atoms with Gasteiger partial charge >= 0.3 is 5.97 Å². The smallest absolute Gasteiger partial charge is 0.341 e. The van der Waals surface area contributed by atoms with Gasteiger partial charge in [0.15, 0.2) is 0 Å². The van der Waals surface area contributed by atoms with Crippen LogP contribution in [0.15, 0.2) is 36.7 Å². The summed E-state index contributed by atoms with van der Waals surface area (Å²) >= 11 is 5.98. The molecular formula is C19H20ClN5O2. The van der Waals surface area contributed by atoms with E-state index in [0.29, 0.717) is 18.1 Å². The molecule has 1 fully saturated rings. The monoisotopic (exact) mass is 385 g/mol. The van der Waals surface area contributed by atoms with Gasteiger partial charge in [-0.3, -0.25) is 4.68 Å². The van der Waals surface area contributed by atoms with Gasteiger partial charge in [0.1, 0.15) is 5.56 Å². The highest BCUT2D eigenvalue weighted by atomic mass is 35.5. The fraction of sp³-hybridized carbons (Fsp3) is 0.368. The van der Waals surface area contributed by atoms with Crippen molar-refractivity contribution < 1.29 is 9.53 Å². The molecule has 1 unspecified atom stereocenters. The number of aromatic nitrogens is 5. The Balaban J connectivity index is 1.75. The second-order valence-corrected chi connectivity index (χ2v) is 6.91. The van der Waals surface area contributed by atoms with Crippen LogP contribution >= 0.6 is 11.6 Å². The van der Waals surface area contributed by atoms with E-state index < -0.39 is 0 Å². The number of nitrogens with zero attached hydrogens (tertiary/aromatic N) is 5. The van der Waals surface area contributed by atoms with E-state index in [4.69, 9.17) is 16.3 Å². The molecule has 4 rings (SSSR count). The third-order valence-electron chi connectivity index (χ3n) is 4.75. The number of ether oxygens (including phenoxy) is 1. The molecule has 2 aromatic heterocycles. The lowest BCUT2D eigenvalue weighted by Gasteiger charge is -2.10. The van der Waals surface area contributed by atoms with Crippen molar-refractivity contribution in [3.63, 3.8) is 0 Å². The third-order valence-corrected chi connectivity index (χ3v) is 5.06. The van der Waals surface area contributed by atoms with Gasteiger partial charge in [-0.1, -0.05) is 17.3 Å². The van der Waals surface area contributed by atoms with Crippen molar-refractivity contribution in [2.75, 3.05) is 6.61 Å². The van der Waals surface area contributed by atoms with Crippen LogP contribution in [-0.4, -0.2) is 37.4 Å². The van der Waals surface area contributed by atoms with Crippen LogP contribution in [0.5, 0.6) is 0 Å². The van der Waals surface area contributed by atoms with E-state index in [2.05, 4.69) is 15.4 Å². The molecule has 0 bridgehead atoms. The van der Waals surface area contributed by atoms with Crippen LogP contribution in [0.2, 0.25) is 0 Å². The summed E-state index contributed by atoms with van der Waals surface area (Å²) in [5.74, 6) is 0.430. The van der Waals surface area contributed by atoms with Crippen molar-refractivity contribution in [2.24, 2.45) is 7.05 Å². The standard InChI is InChI=1S/C19H20ClN5O2/c1-3-27-19(26)16-10-21-25(13-6-4-5-12(7-13)9-20)18(16)15-8-14(15)17-11-24(2)23-22-17/h4-7,10-11,14-15H,3,8-9H2,1-2H3/t14-,15?/m1/s1. The summed E-state index contributed by atoms with van der Waals surface area (Å²) in [4.78, 5) is 12.5. The summed E-state index contributed by atoms with van der Waals surface area (Å²) in [7, 11) is 1.85. The van der Waals surface area contributed by atoms with Crippen LogP contribution in [0.3, 0.4) is 0 Å². The molecule has 0 saturated heterocycles. The maximum atomic E-state index is 12.5. The predicted octanol–water partition coefficient (Wildman–Crippen LogP) is 3.19. The first kappa shape index (κ1) is 17.7. The highest BCUT2D eigenvalue weighted by Crippen LogP contribution is 2.55. The van der Waals surface area contributed by atoms with E-state index in [1.165, 1.54) is 0 Å². The van der Waals surface area contributed by atoms with E-state index in [0.717, 1.165) is 29.1 Å². The van der Waals surface area contributed by atoms with Crippen molar-refractivity contribution in [2.45, 2.75) is 31.1 Å². The normalized spacial score (nSPS) is 18.5. The Kier molecular flexibility index (Phi) is 4.70. The zero-order chi connectivity index (χ0) is 19.0. The minimum absolute atomic E-state index is 0.142. The second-order valence-electron chi connectivity index (χ2n) is 6.65. The first-order valence-electron chi connectivity index (χ1n) is 8.89. The lowest BCUT2D eigenvalue weighted by molar-refractivity contribution is 0.0525. The number of aryl methyl sites for hydroxylation is 1. The van der Waals surface area contributed by atoms with E-state index in [1.54, 1.807) is 17.8 Å². The van der Waals surface area contributed by atoms with Crippen molar-refractivity contribution >= 4 is 17.6 Å². The third kappa shape index (κ3) is 3.35. The SMILES string of the molecule is CCOC(=O)c1cnn(-c2cccc(CCl)c2)c1C1C[C@H]1c1cn(C)nn1. The van der Waals surface area contributed by atoms with Crippen molar-refractivity contribution in [3.05, 3.63) is 59.2 Å². The van der Waals surface area contributed by atoms with Crippen LogP contribution in [0.1, 0.15) is 52.5 Å². The van der Waals surface area contributed by atoms with Gasteiger partial charge in [-0.15, -0.1) is 16.7 Å². The van der Waals surface area contributed by atoms with Crippen LogP contribution < -0.4 is 0 Å². The van der Waals surface area contributed by atoms with Gasteiger partial charge in [0.05, 0.1) is 29.9 Å². The summed E-state index contributed by atoms with van der Waals surface area (Å²) < 4.78 is 8.76. The number of halogens is 1. The maximum Gasteiger partial charge on any atom is 0.341 e. The fourth-order valence-electron chi connectivity index (χ4n) is 3.42. The first-order chi connectivity index (χ1) is 13.1. The molecule has 0 aliphatic heterocycles. The molecule has 0 spiro atoms. The van der Waals surface area contributed by atoms with Crippen LogP contribution in [0, 0.1) is 0 Å². The number of rotatable bonds is 6. The summed E-state index contributed by atoms with van der Waals surface area (Å²) in [5.41, 5.74) is 4.16. The van der Waals surface area contributed by atoms with Crippen LogP contribution in [-0.2, 0) is 17.7 Å². The van der Waals surface area contributed by atoms with Gasteiger partial charge in [0.2, 0.25) is 0 Å². The second kappa shape index (κ2) is 7.15. The number of benzene rings is 1. The van der Waals surface area contributed by atoms with Gasteiger partial charge in [-0.2, -0.15) is 5.10 Å². The van der Waals surface area contributed by atoms with Crippen molar-refractivity contribution in [3.8, 4) is 5.69 Å². The van der Waals surface area contributed by atoms with Gasteiger partial charge in [0.25, 0.3) is 0 Å². The van der Waals surface area contributed by atoms with Gasteiger partial charge in [0, 0.05) is 31.0 Å². The molecule has 140 valence electrons. The van der Waals surface area contributed by atoms with E-state index in [9.17, 15) is 4.79 Å². The topological polar surface area (TPSA) is 74.8 Å². The number of hydrogen-bond acceptors (Lipinski definition) is 5. The number of hydrogen-bond donors (Lipinski definition) is 0. The van der Waals surface area contributed by atoms with Crippen molar-refractivity contribution in [1.82, 2.24) is 24.8 Å². The number of alkyl halides is 1.